The van der Waals surface area contributed by atoms with Crippen LogP contribution in [0.4, 0.5) is 5.69 Å². The lowest BCUT2D eigenvalue weighted by atomic mass is 10.1. The summed E-state index contributed by atoms with van der Waals surface area (Å²) >= 11 is 0. The maximum absolute atomic E-state index is 13.0. The van der Waals surface area contributed by atoms with Crippen molar-refractivity contribution >= 4 is 11.6 Å². The summed E-state index contributed by atoms with van der Waals surface area (Å²) in [5.41, 5.74) is 11.6. The van der Waals surface area contributed by atoms with Crippen LogP contribution in [-0.4, -0.2) is 15.8 Å². The lowest BCUT2D eigenvalue weighted by Gasteiger charge is -2.17. The van der Waals surface area contributed by atoms with Gasteiger partial charge in [0.2, 0.25) is 0 Å². The minimum Gasteiger partial charge on any atom is -0.380 e. The van der Waals surface area contributed by atoms with E-state index in [1.807, 2.05) is 43.3 Å². The van der Waals surface area contributed by atoms with Crippen LogP contribution in [0.2, 0.25) is 0 Å². The molecule has 0 unspecified atom stereocenters. The van der Waals surface area contributed by atoms with E-state index in [-0.39, 0.29) is 5.91 Å². The molecule has 1 aromatic carbocycles. The predicted molar refractivity (Wildman–Crippen MR) is 96.7 cm³/mol. The summed E-state index contributed by atoms with van der Waals surface area (Å²) in [5, 5.41) is 3.39. The van der Waals surface area contributed by atoms with E-state index >= 15 is 0 Å². The number of nitrogens with zero attached hydrogens (tertiary/aromatic N) is 2. The number of fused-ring (bicyclic) bond motifs is 1. The van der Waals surface area contributed by atoms with Crippen molar-refractivity contribution in [3.8, 4) is 0 Å². The molecule has 122 valence electrons. The molecule has 0 spiro atoms. The number of nitrogens with one attached hydrogen (secondary N) is 1. The van der Waals surface area contributed by atoms with E-state index in [4.69, 9.17) is 0 Å². The topological polar surface area (TPSA) is 45.2 Å². The van der Waals surface area contributed by atoms with Crippen LogP contribution in [0.25, 0.3) is 0 Å². The first-order chi connectivity index (χ1) is 12.2. The number of hydrogen-bond donors (Lipinski definition) is 1. The molecular weight excluding hydrogens is 310 g/mol. The second-order valence-electron chi connectivity index (χ2n) is 6.11. The molecule has 0 saturated carbocycles. The summed E-state index contributed by atoms with van der Waals surface area (Å²) in [6.45, 7) is 3.19. The van der Waals surface area contributed by atoms with Crippen LogP contribution in [0, 0.1) is 0 Å². The van der Waals surface area contributed by atoms with Crippen LogP contribution in [0.3, 0.4) is 0 Å². The minimum atomic E-state index is 0.0202. The second-order valence-corrected chi connectivity index (χ2v) is 6.11. The van der Waals surface area contributed by atoms with Gasteiger partial charge in [0.15, 0.2) is 0 Å². The van der Waals surface area contributed by atoms with Crippen LogP contribution < -0.4 is 5.32 Å². The fraction of sp³-hybridized carbons (Fsp3) is 0.143. The third-order valence-corrected chi connectivity index (χ3v) is 4.34. The van der Waals surface area contributed by atoms with Gasteiger partial charge in [0, 0.05) is 36.3 Å². The number of carbonyl (C=O) groups is 1. The fourth-order valence-electron chi connectivity index (χ4n) is 3.09. The molecule has 2 aromatic rings. The van der Waals surface area contributed by atoms with Gasteiger partial charge in [-0.2, -0.15) is 0 Å². The number of rotatable bonds is 4. The highest BCUT2D eigenvalue weighted by Gasteiger charge is 2.31. The number of hydrogen-bond acceptors (Lipinski definition) is 3. The fourth-order valence-corrected chi connectivity index (χ4v) is 3.09. The third-order valence-electron chi connectivity index (χ3n) is 4.34. The molecule has 1 amide bonds. The number of aromatic nitrogens is 1. The largest absolute Gasteiger partial charge is 0.380 e. The lowest BCUT2D eigenvalue weighted by Crippen LogP contribution is -2.23. The molecule has 1 aromatic heterocycles. The van der Waals surface area contributed by atoms with Gasteiger partial charge < -0.3 is 10.2 Å². The second kappa shape index (κ2) is 6.29. The number of amides is 1. The van der Waals surface area contributed by atoms with Gasteiger partial charge in [-0.05, 0) is 42.3 Å². The average Bonchev–Trinajstić information content (AvgIpc) is 2.98. The Hall–Kier alpha value is -3.32. The monoisotopic (exact) mass is 327 g/mol. The van der Waals surface area contributed by atoms with Gasteiger partial charge >= 0.3 is 0 Å². The van der Waals surface area contributed by atoms with Crippen LogP contribution in [0.1, 0.15) is 28.4 Å². The van der Waals surface area contributed by atoms with Gasteiger partial charge in [0.05, 0.1) is 17.8 Å². The molecule has 0 saturated heterocycles. The first-order valence-corrected chi connectivity index (χ1v) is 8.19. The molecule has 0 radical (unpaired) electrons. The van der Waals surface area contributed by atoms with Crippen LogP contribution in [0.15, 0.2) is 77.6 Å². The Morgan fingerprint density at radius 2 is 2.08 bits per heavy atom. The van der Waals surface area contributed by atoms with E-state index in [2.05, 4.69) is 21.8 Å². The molecule has 0 atom stereocenters. The van der Waals surface area contributed by atoms with Crippen molar-refractivity contribution in [2.24, 2.45) is 0 Å². The van der Waals surface area contributed by atoms with Gasteiger partial charge in [-0.3, -0.25) is 9.78 Å². The average molecular weight is 327 g/mol. The SMILES string of the molecule is CC1=C=C=CC(N2Cc3cccc(NCc4ccncc4)c3C2=O)=C1. The molecule has 1 aliphatic carbocycles. The summed E-state index contributed by atoms with van der Waals surface area (Å²) in [7, 11) is 0. The normalized spacial score (nSPS) is 15.1. The van der Waals surface area contributed by atoms with Gasteiger partial charge in [-0.1, -0.05) is 23.6 Å². The van der Waals surface area contributed by atoms with Crippen molar-refractivity contribution < 1.29 is 4.79 Å². The number of pyridine rings is 1. The van der Waals surface area contributed by atoms with Crippen molar-refractivity contribution in [1.29, 1.82) is 0 Å². The Labute approximate surface area is 146 Å². The molecule has 2 heterocycles. The first kappa shape index (κ1) is 15.2. The molecule has 25 heavy (non-hydrogen) atoms. The van der Waals surface area contributed by atoms with Crippen molar-refractivity contribution in [2.75, 3.05) is 5.32 Å². The van der Waals surface area contributed by atoms with E-state index < -0.39 is 0 Å². The molecule has 4 rings (SSSR count). The smallest absolute Gasteiger partial charge is 0.261 e. The summed E-state index contributed by atoms with van der Waals surface area (Å²) in [6, 6.07) is 9.88. The maximum atomic E-state index is 13.0. The van der Waals surface area contributed by atoms with Gasteiger partial charge in [0.1, 0.15) is 0 Å². The Morgan fingerprint density at radius 1 is 1.24 bits per heavy atom. The number of carbonyl (C=O) groups excluding carboxylic acids is 1. The number of benzene rings is 1. The summed E-state index contributed by atoms with van der Waals surface area (Å²) in [6.07, 6.45) is 7.31. The zero-order valence-electron chi connectivity index (χ0n) is 13.9. The molecule has 1 aliphatic heterocycles. The third kappa shape index (κ3) is 2.92. The Bertz CT molecular complexity index is 975. The van der Waals surface area contributed by atoms with E-state index in [0.717, 1.165) is 33.6 Å². The predicted octanol–water partition coefficient (Wildman–Crippen LogP) is 3.80. The van der Waals surface area contributed by atoms with Gasteiger partial charge in [-0.25, -0.2) is 0 Å². The zero-order valence-corrected chi connectivity index (χ0v) is 13.9. The number of allylic oxidation sites excluding steroid dienone is 3. The first-order valence-electron chi connectivity index (χ1n) is 8.19. The molecule has 4 heteroatoms. The lowest BCUT2D eigenvalue weighted by molar-refractivity contribution is 0.0832. The maximum Gasteiger partial charge on any atom is 0.261 e. The Morgan fingerprint density at radius 3 is 2.88 bits per heavy atom. The highest BCUT2D eigenvalue weighted by atomic mass is 16.2. The van der Waals surface area contributed by atoms with Crippen LogP contribution in [-0.2, 0) is 13.1 Å². The molecular formula is C21H17N3O. The van der Waals surface area contributed by atoms with Crippen molar-refractivity contribution in [3.05, 3.63) is 94.3 Å². The van der Waals surface area contributed by atoms with Crippen LogP contribution in [0.5, 0.6) is 0 Å². The van der Waals surface area contributed by atoms with E-state index in [0.29, 0.717) is 13.1 Å². The Kier molecular flexibility index (Phi) is 3.83. The van der Waals surface area contributed by atoms with Crippen LogP contribution >= 0.6 is 0 Å². The Balaban J connectivity index is 1.60. The summed E-state index contributed by atoms with van der Waals surface area (Å²) < 4.78 is 0. The van der Waals surface area contributed by atoms with Crippen molar-refractivity contribution in [1.82, 2.24) is 9.88 Å². The van der Waals surface area contributed by atoms with Gasteiger partial charge in [0.25, 0.3) is 5.91 Å². The van der Waals surface area contributed by atoms with E-state index in [1.165, 1.54) is 0 Å². The highest BCUT2D eigenvalue weighted by molar-refractivity contribution is 6.04. The quantitative estimate of drug-likeness (QED) is 0.869. The highest BCUT2D eigenvalue weighted by Crippen LogP contribution is 2.32. The zero-order chi connectivity index (χ0) is 17.2. The summed E-state index contributed by atoms with van der Waals surface area (Å²) in [5.74, 6) is 0.0202. The number of anilines is 1. The van der Waals surface area contributed by atoms with E-state index in [9.17, 15) is 4.79 Å². The standard InChI is InChI=1S/C21H17N3O/c1-15-4-2-6-18(12-15)24-14-17-5-3-7-19(20(17)21(24)25)23-13-16-8-10-22-11-9-16/h3,5-12,23H,13-14H2,1H3. The van der Waals surface area contributed by atoms with Crippen molar-refractivity contribution in [2.45, 2.75) is 20.0 Å². The molecule has 1 N–H and O–H groups in total. The molecule has 0 fully saturated rings. The molecule has 0 bridgehead atoms. The molecule has 4 nitrogen and oxygen atoms in total. The van der Waals surface area contributed by atoms with Crippen molar-refractivity contribution in [3.63, 3.8) is 0 Å². The van der Waals surface area contributed by atoms with Gasteiger partial charge in [-0.15, -0.1) is 0 Å². The summed E-state index contributed by atoms with van der Waals surface area (Å²) in [4.78, 5) is 18.8. The minimum absolute atomic E-state index is 0.0202. The van der Waals surface area contributed by atoms with E-state index in [1.54, 1.807) is 23.4 Å². The molecule has 2 aliphatic rings.